The van der Waals surface area contributed by atoms with Gasteiger partial charge >= 0.3 is 0 Å². The Hall–Kier alpha value is -3.32. The van der Waals surface area contributed by atoms with Crippen LogP contribution in [-0.4, -0.2) is 47.4 Å². The summed E-state index contributed by atoms with van der Waals surface area (Å²) in [7, 11) is 3.73. The van der Waals surface area contributed by atoms with E-state index in [0.717, 1.165) is 41.7 Å². The maximum Gasteiger partial charge on any atom is 0.194 e. The number of hydrogen-bond acceptors (Lipinski definition) is 4. The Kier molecular flexibility index (Phi) is 6.29. The molecule has 0 saturated carbocycles. The van der Waals surface area contributed by atoms with Crippen LogP contribution in [0, 0.1) is 0 Å². The lowest BCUT2D eigenvalue weighted by atomic mass is 10.1. The molecule has 1 fully saturated rings. The zero-order chi connectivity index (χ0) is 20.8. The van der Waals surface area contributed by atoms with Crippen LogP contribution in [0.4, 0.5) is 0 Å². The highest BCUT2D eigenvalue weighted by molar-refractivity contribution is 5.80. The minimum Gasteiger partial charge on any atom is -0.457 e. The summed E-state index contributed by atoms with van der Waals surface area (Å²) in [5.41, 5.74) is 2.25. The van der Waals surface area contributed by atoms with Crippen molar-refractivity contribution in [3.63, 3.8) is 0 Å². The molecule has 4 rings (SSSR count). The fourth-order valence-corrected chi connectivity index (χ4v) is 3.46. The zero-order valence-electron chi connectivity index (χ0n) is 17.4. The average Bonchev–Trinajstić information content (AvgIpc) is 3.23. The molecule has 0 spiro atoms. The molecule has 0 amide bonds. The summed E-state index contributed by atoms with van der Waals surface area (Å²) in [6.45, 7) is 2.90. The van der Waals surface area contributed by atoms with Gasteiger partial charge in [0, 0.05) is 38.9 Å². The molecule has 1 N–H and O–H groups in total. The van der Waals surface area contributed by atoms with E-state index >= 15 is 0 Å². The van der Waals surface area contributed by atoms with Crippen molar-refractivity contribution in [3.05, 3.63) is 78.1 Å². The molecule has 1 saturated heterocycles. The van der Waals surface area contributed by atoms with E-state index < -0.39 is 0 Å². The predicted molar refractivity (Wildman–Crippen MR) is 117 cm³/mol. The predicted octanol–water partition coefficient (Wildman–Crippen LogP) is 3.36. The van der Waals surface area contributed by atoms with Gasteiger partial charge < -0.3 is 19.7 Å². The molecule has 2 aromatic carbocycles. The number of morpholine rings is 1. The molecule has 7 nitrogen and oxygen atoms in total. The van der Waals surface area contributed by atoms with E-state index in [4.69, 9.17) is 9.47 Å². The highest BCUT2D eigenvalue weighted by Gasteiger charge is 2.25. The van der Waals surface area contributed by atoms with E-state index in [2.05, 4.69) is 32.4 Å². The maximum absolute atomic E-state index is 5.94. The highest BCUT2D eigenvalue weighted by atomic mass is 16.5. The summed E-state index contributed by atoms with van der Waals surface area (Å²) in [6, 6.07) is 17.9. The second-order valence-corrected chi connectivity index (χ2v) is 7.21. The number of rotatable bonds is 5. The van der Waals surface area contributed by atoms with E-state index in [0.29, 0.717) is 13.2 Å². The van der Waals surface area contributed by atoms with Crippen LogP contribution in [0.2, 0.25) is 0 Å². The van der Waals surface area contributed by atoms with Gasteiger partial charge in [-0.3, -0.25) is 9.67 Å². The molecule has 156 valence electrons. The fourth-order valence-electron chi connectivity index (χ4n) is 3.46. The average molecular weight is 406 g/mol. The largest absolute Gasteiger partial charge is 0.457 e. The Balaban J connectivity index is 1.33. The number of guanidine groups is 1. The van der Waals surface area contributed by atoms with Gasteiger partial charge in [0.25, 0.3) is 0 Å². The third-order valence-corrected chi connectivity index (χ3v) is 5.03. The van der Waals surface area contributed by atoms with Gasteiger partial charge in [0.05, 0.1) is 19.3 Å². The Bertz CT molecular complexity index is 969. The van der Waals surface area contributed by atoms with Crippen LogP contribution in [0.5, 0.6) is 11.5 Å². The number of hydrogen-bond donors (Lipinski definition) is 1. The third-order valence-electron chi connectivity index (χ3n) is 5.03. The number of aromatic nitrogens is 2. The molecule has 1 aliphatic rings. The van der Waals surface area contributed by atoms with Gasteiger partial charge in [-0.15, -0.1) is 0 Å². The van der Waals surface area contributed by atoms with Crippen LogP contribution in [0.15, 0.2) is 72.0 Å². The molecule has 3 aromatic rings. The van der Waals surface area contributed by atoms with Crippen LogP contribution in [0.3, 0.4) is 0 Å². The second-order valence-electron chi connectivity index (χ2n) is 7.21. The molecule has 2 heterocycles. The summed E-state index contributed by atoms with van der Waals surface area (Å²) in [4.78, 5) is 6.69. The number of ether oxygens (including phenoxy) is 2. The van der Waals surface area contributed by atoms with E-state index in [-0.39, 0.29) is 6.10 Å². The SMILES string of the molecule is CN=C(NCc1ccc(Oc2ccccc2)cc1)N1CCOC(c2cnn(C)c2)C1. The maximum atomic E-state index is 5.94. The highest BCUT2D eigenvalue weighted by Crippen LogP contribution is 2.22. The van der Waals surface area contributed by atoms with Gasteiger partial charge in [0.1, 0.15) is 17.6 Å². The third kappa shape index (κ3) is 4.99. The Labute approximate surface area is 176 Å². The first-order valence-corrected chi connectivity index (χ1v) is 10.1. The Morgan fingerprint density at radius 2 is 1.93 bits per heavy atom. The summed E-state index contributed by atoms with van der Waals surface area (Å²) in [5.74, 6) is 2.53. The topological polar surface area (TPSA) is 63.9 Å². The van der Waals surface area contributed by atoms with Crippen LogP contribution < -0.4 is 10.1 Å². The molecule has 0 aliphatic carbocycles. The number of aryl methyl sites for hydroxylation is 1. The number of para-hydroxylation sites is 1. The molecule has 1 atom stereocenters. The van der Waals surface area contributed by atoms with Crippen molar-refractivity contribution in [2.24, 2.45) is 12.0 Å². The first-order chi connectivity index (χ1) is 14.7. The number of benzene rings is 2. The monoisotopic (exact) mass is 405 g/mol. The Morgan fingerprint density at radius 1 is 1.17 bits per heavy atom. The lowest BCUT2D eigenvalue weighted by Gasteiger charge is -2.34. The molecular weight excluding hydrogens is 378 g/mol. The summed E-state index contributed by atoms with van der Waals surface area (Å²) in [5, 5.41) is 7.71. The van der Waals surface area contributed by atoms with Crippen molar-refractivity contribution in [2.45, 2.75) is 12.6 Å². The molecule has 1 aromatic heterocycles. The van der Waals surface area contributed by atoms with Crippen LogP contribution in [0.25, 0.3) is 0 Å². The van der Waals surface area contributed by atoms with Gasteiger partial charge in [-0.1, -0.05) is 30.3 Å². The van der Waals surface area contributed by atoms with Crippen molar-refractivity contribution in [1.29, 1.82) is 0 Å². The molecule has 30 heavy (non-hydrogen) atoms. The van der Waals surface area contributed by atoms with Crippen LogP contribution >= 0.6 is 0 Å². The van der Waals surface area contributed by atoms with Crippen LogP contribution in [0.1, 0.15) is 17.2 Å². The fraction of sp³-hybridized carbons (Fsp3) is 0.304. The molecular formula is C23H27N5O2. The molecule has 0 radical (unpaired) electrons. The van der Waals surface area contributed by atoms with E-state index in [1.54, 1.807) is 4.68 Å². The van der Waals surface area contributed by atoms with Crippen molar-refractivity contribution < 1.29 is 9.47 Å². The summed E-state index contributed by atoms with van der Waals surface area (Å²) in [6.07, 6.45) is 3.87. The lowest BCUT2D eigenvalue weighted by molar-refractivity contribution is -0.00805. The normalized spacial score (nSPS) is 17.1. The molecule has 1 aliphatic heterocycles. The number of aliphatic imine (C=N–C) groups is 1. The number of nitrogens with zero attached hydrogens (tertiary/aromatic N) is 4. The number of nitrogens with one attached hydrogen (secondary N) is 1. The van der Waals surface area contributed by atoms with Gasteiger partial charge in [-0.2, -0.15) is 5.10 Å². The van der Waals surface area contributed by atoms with Crippen molar-refractivity contribution >= 4 is 5.96 Å². The summed E-state index contributed by atoms with van der Waals surface area (Å²) >= 11 is 0. The molecule has 7 heteroatoms. The van der Waals surface area contributed by atoms with Crippen molar-refractivity contribution in [1.82, 2.24) is 20.0 Å². The lowest BCUT2D eigenvalue weighted by Crippen LogP contribution is -2.47. The first kappa shape index (κ1) is 20.0. The van der Waals surface area contributed by atoms with E-state index in [1.807, 2.05) is 69.0 Å². The smallest absolute Gasteiger partial charge is 0.194 e. The van der Waals surface area contributed by atoms with Gasteiger partial charge in [0.2, 0.25) is 0 Å². The molecule has 0 bridgehead atoms. The van der Waals surface area contributed by atoms with E-state index in [1.165, 1.54) is 0 Å². The van der Waals surface area contributed by atoms with Gasteiger partial charge in [-0.05, 0) is 29.8 Å². The zero-order valence-corrected chi connectivity index (χ0v) is 17.4. The Morgan fingerprint density at radius 3 is 2.63 bits per heavy atom. The second kappa shape index (κ2) is 9.45. The quantitative estimate of drug-likeness (QED) is 0.521. The van der Waals surface area contributed by atoms with E-state index in [9.17, 15) is 0 Å². The van der Waals surface area contributed by atoms with Gasteiger partial charge in [0.15, 0.2) is 5.96 Å². The van der Waals surface area contributed by atoms with Gasteiger partial charge in [-0.25, -0.2) is 0 Å². The minimum atomic E-state index is 0.000388. The van der Waals surface area contributed by atoms with Crippen molar-refractivity contribution in [2.75, 3.05) is 26.7 Å². The molecule has 1 unspecified atom stereocenters. The van der Waals surface area contributed by atoms with Crippen LogP contribution in [-0.2, 0) is 18.3 Å². The first-order valence-electron chi connectivity index (χ1n) is 10.1. The van der Waals surface area contributed by atoms with Crippen molar-refractivity contribution in [3.8, 4) is 11.5 Å². The standard InChI is InChI=1S/C23H27N5O2/c1-24-23(28-12-13-29-22(17-28)19-15-26-27(2)16-19)25-14-18-8-10-21(11-9-18)30-20-6-4-3-5-7-20/h3-11,15-16,22H,12-14,17H2,1-2H3,(H,24,25). The summed E-state index contributed by atoms with van der Waals surface area (Å²) < 4.78 is 13.6. The minimum absolute atomic E-state index is 0.000388.